The summed E-state index contributed by atoms with van der Waals surface area (Å²) in [5, 5.41) is 8.14. The molecule has 1 nitrogen and oxygen atoms in total. The molecule has 0 aliphatic carbocycles. The van der Waals surface area contributed by atoms with Crippen molar-refractivity contribution in [2.24, 2.45) is 5.92 Å². The minimum Gasteiger partial charge on any atom is -0.516 e. The Morgan fingerprint density at radius 1 is 1.71 bits per heavy atom. The molecular formula is C6H10O. The molecule has 0 amide bonds. The van der Waals surface area contributed by atoms with Crippen molar-refractivity contribution < 1.29 is 5.11 Å². The first kappa shape index (κ1) is 6.28. The fraction of sp³-hybridized carbons (Fsp3) is 0.333. The minimum atomic E-state index is 0.282. The van der Waals surface area contributed by atoms with Gasteiger partial charge in [-0.05, 0) is 12.0 Å². The zero-order valence-corrected chi connectivity index (χ0v) is 4.46. The molecule has 0 aliphatic heterocycles. The van der Waals surface area contributed by atoms with Crippen molar-refractivity contribution in [2.75, 3.05) is 0 Å². The average Bonchev–Trinajstić information content (AvgIpc) is 1.68. The molecule has 7 heavy (non-hydrogen) atoms. The molecule has 1 atom stereocenters. The van der Waals surface area contributed by atoms with Crippen LogP contribution >= 0.6 is 0 Å². The summed E-state index contributed by atoms with van der Waals surface area (Å²) in [5.74, 6) is 0.282. The summed E-state index contributed by atoms with van der Waals surface area (Å²) in [5.41, 5.74) is 0. The van der Waals surface area contributed by atoms with E-state index in [9.17, 15) is 0 Å². The van der Waals surface area contributed by atoms with Crippen molar-refractivity contribution in [3.05, 3.63) is 25.0 Å². The van der Waals surface area contributed by atoms with Crippen LogP contribution < -0.4 is 0 Å². The van der Waals surface area contributed by atoms with Gasteiger partial charge in [-0.1, -0.05) is 13.0 Å². The maximum absolute atomic E-state index is 8.14. The van der Waals surface area contributed by atoms with Crippen LogP contribution in [0.4, 0.5) is 0 Å². The molecule has 1 unspecified atom stereocenters. The Morgan fingerprint density at radius 2 is 2.29 bits per heavy atom. The molecule has 1 N–H and O–H groups in total. The molecule has 0 bridgehead atoms. The Hall–Kier alpha value is -0.720. The summed E-state index contributed by atoms with van der Waals surface area (Å²) in [6.07, 6.45) is 4.45. The average molecular weight is 98.1 g/mol. The van der Waals surface area contributed by atoms with Gasteiger partial charge >= 0.3 is 0 Å². The first-order valence-corrected chi connectivity index (χ1v) is 2.24. The molecule has 0 saturated carbocycles. The Labute approximate surface area is 44.0 Å². The van der Waals surface area contributed by atoms with E-state index >= 15 is 0 Å². The minimum absolute atomic E-state index is 0.282. The highest BCUT2D eigenvalue weighted by Crippen LogP contribution is 1.94. The van der Waals surface area contributed by atoms with Crippen molar-refractivity contribution in [2.45, 2.75) is 6.92 Å². The summed E-state index contributed by atoms with van der Waals surface area (Å²) in [6, 6.07) is 0. The number of allylic oxidation sites excluding steroid dienone is 2. The van der Waals surface area contributed by atoms with Gasteiger partial charge in [0.25, 0.3) is 0 Å². The van der Waals surface area contributed by atoms with E-state index in [2.05, 4.69) is 6.58 Å². The van der Waals surface area contributed by atoms with Crippen LogP contribution in [-0.2, 0) is 0 Å². The Bertz CT molecular complexity index is 74.2. The lowest BCUT2D eigenvalue weighted by Gasteiger charge is -1.89. The monoisotopic (exact) mass is 98.1 g/mol. The molecule has 0 aliphatic rings. The number of hydrogen-bond acceptors (Lipinski definition) is 1. The zero-order valence-electron chi connectivity index (χ0n) is 4.46. The Balaban J connectivity index is 3.35. The van der Waals surface area contributed by atoms with E-state index in [4.69, 9.17) is 5.11 Å². The van der Waals surface area contributed by atoms with Crippen molar-refractivity contribution >= 4 is 0 Å². The Kier molecular flexibility index (Phi) is 3.11. The second kappa shape index (κ2) is 3.47. The van der Waals surface area contributed by atoms with Crippen LogP contribution in [-0.4, -0.2) is 5.11 Å². The number of aliphatic hydroxyl groups excluding tert-OH is 1. The fourth-order valence-corrected chi connectivity index (χ4v) is 0.214. The molecule has 0 heterocycles. The third kappa shape index (κ3) is 3.10. The summed E-state index contributed by atoms with van der Waals surface area (Å²) >= 11 is 0. The maximum Gasteiger partial charge on any atom is 0.0757 e. The van der Waals surface area contributed by atoms with E-state index in [-0.39, 0.29) is 5.92 Å². The van der Waals surface area contributed by atoms with E-state index in [1.807, 2.05) is 6.92 Å². The molecule has 0 fully saturated rings. The number of rotatable bonds is 2. The first-order valence-electron chi connectivity index (χ1n) is 2.24. The van der Waals surface area contributed by atoms with E-state index in [0.717, 1.165) is 6.26 Å². The van der Waals surface area contributed by atoms with Crippen LogP contribution in [0.15, 0.2) is 25.0 Å². The smallest absolute Gasteiger partial charge is 0.0757 e. The van der Waals surface area contributed by atoms with Crippen LogP contribution in [0.1, 0.15) is 6.92 Å². The zero-order chi connectivity index (χ0) is 5.70. The lowest BCUT2D eigenvalue weighted by atomic mass is 10.2. The molecule has 1 heteroatoms. The van der Waals surface area contributed by atoms with Crippen molar-refractivity contribution in [1.29, 1.82) is 0 Å². The van der Waals surface area contributed by atoms with Gasteiger partial charge in [-0.25, -0.2) is 0 Å². The van der Waals surface area contributed by atoms with Gasteiger partial charge in [0.2, 0.25) is 0 Å². The number of hydrogen-bond donors (Lipinski definition) is 1. The van der Waals surface area contributed by atoms with E-state index in [1.165, 1.54) is 0 Å². The normalized spacial score (nSPS) is 14.4. The van der Waals surface area contributed by atoms with Gasteiger partial charge in [0.05, 0.1) is 6.26 Å². The second-order valence-corrected chi connectivity index (χ2v) is 1.44. The Morgan fingerprint density at radius 3 is 2.43 bits per heavy atom. The standard InChI is InChI=1S/C6H10O/c1-3-6(2)4-5-7/h3-7H,1H2,2H3. The van der Waals surface area contributed by atoms with Gasteiger partial charge < -0.3 is 5.11 Å². The molecular weight excluding hydrogens is 88.1 g/mol. The van der Waals surface area contributed by atoms with E-state index < -0.39 is 0 Å². The van der Waals surface area contributed by atoms with Crippen molar-refractivity contribution in [1.82, 2.24) is 0 Å². The molecule has 40 valence electrons. The fourth-order valence-electron chi connectivity index (χ4n) is 0.214. The van der Waals surface area contributed by atoms with Crippen molar-refractivity contribution in [3.63, 3.8) is 0 Å². The summed E-state index contributed by atoms with van der Waals surface area (Å²) < 4.78 is 0. The summed E-state index contributed by atoms with van der Waals surface area (Å²) in [7, 11) is 0. The first-order chi connectivity index (χ1) is 3.31. The molecule has 0 aromatic heterocycles. The SMILES string of the molecule is C=CC(C)C=CO. The molecule has 0 aromatic rings. The second-order valence-electron chi connectivity index (χ2n) is 1.44. The van der Waals surface area contributed by atoms with Gasteiger partial charge in [-0.15, -0.1) is 6.58 Å². The summed E-state index contributed by atoms with van der Waals surface area (Å²) in [6.45, 7) is 5.46. The lowest BCUT2D eigenvalue weighted by molar-refractivity contribution is 0.468. The predicted octanol–water partition coefficient (Wildman–Crippen LogP) is 1.88. The van der Waals surface area contributed by atoms with Crippen LogP contribution in [0.5, 0.6) is 0 Å². The third-order valence-corrected chi connectivity index (χ3v) is 0.761. The highest BCUT2D eigenvalue weighted by molar-refractivity contribution is 4.90. The van der Waals surface area contributed by atoms with E-state index in [0.29, 0.717) is 0 Å². The van der Waals surface area contributed by atoms with Gasteiger partial charge in [-0.2, -0.15) is 0 Å². The maximum atomic E-state index is 8.14. The highest BCUT2D eigenvalue weighted by atomic mass is 16.2. The predicted molar refractivity (Wildman–Crippen MR) is 31.1 cm³/mol. The van der Waals surface area contributed by atoms with Crippen LogP contribution in [0.3, 0.4) is 0 Å². The molecule has 0 aromatic carbocycles. The van der Waals surface area contributed by atoms with Gasteiger partial charge in [-0.3, -0.25) is 0 Å². The van der Waals surface area contributed by atoms with Gasteiger partial charge in [0.1, 0.15) is 0 Å². The van der Waals surface area contributed by atoms with E-state index in [1.54, 1.807) is 12.2 Å². The highest BCUT2D eigenvalue weighted by Gasteiger charge is 1.82. The molecule has 0 saturated heterocycles. The molecule has 0 radical (unpaired) electrons. The van der Waals surface area contributed by atoms with Gasteiger partial charge in [0.15, 0.2) is 0 Å². The largest absolute Gasteiger partial charge is 0.516 e. The quantitative estimate of drug-likeness (QED) is 0.413. The van der Waals surface area contributed by atoms with Crippen molar-refractivity contribution in [3.8, 4) is 0 Å². The topological polar surface area (TPSA) is 20.2 Å². The third-order valence-electron chi connectivity index (χ3n) is 0.761. The van der Waals surface area contributed by atoms with Gasteiger partial charge in [0, 0.05) is 0 Å². The van der Waals surface area contributed by atoms with Crippen LogP contribution in [0.2, 0.25) is 0 Å². The lowest BCUT2D eigenvalue weighted by Crippen LogP contribution is -1.77. The summed E-state index contributed by atoms with van der Waals surface area (Å²) in [4.78, 5) is 0. The molecule has 0 spiro atoms. The van der Waals surface area contributed by atoms with Crippen LogP contribution in [0.25, 0.3) is 0 Å². The number of aliphatic hydroxyl groups is 1. The molecule has 0 rings (SSSR count). The van der Waals surface area contributed by atoms with Crippen LogP contribution in [0, 0.1) is 5.92 Å².